The maximum Gasteiger partial charge on any atom is 0.387 e. The molecule has 0 aromatic heterocycles. The minimum atomic E-state index is -2.80. The molecule has 0 spiro atoms. The van der Waals surface area contributed by atoms with Crippen molar-refractivity contribution in [1.82, 2.24) is 0 Å². The number of halogens is 3. The van der Waals surface area contributed by atoms with E-state index in [0.717, 1.165) is 11.1 Å². The van der Waals surface area contributed by atoms with E-state index in [4.69, 9.17) is 0 Å². The summed E-state index contributed by atoms with van der Waals surface area (Å²) < 4.78 is 28.7. The molecule has 0 heterocycles. The second-order valence-corrected chi connectivity index (χ2v) is 3.67. The molecular weight excluding hydrogens is 266 g/mol. The summed E-state index contributed by atoms with van der Waals surface area (Å²) in [6, 6.07) is 3.43. The van der Waals surface area contributed by atoms with Crippen LogP contribution in [0.15, 0.2) is 17.1 Å². The lowest BCUT2D eigenvalue weighted by Crippen LogP contribution is -2.04. The van der Waals surface area contributed by atoms with Gasteiger partial charge in [0, 0.05) is 5.56 Å². The lowest BCUT2D eigenvalue weighted by molar-refractivity contribution is -0.0500. The van der Waals surface area contributed by atoms with Gasteiger partial charge in [-0.3, -0.25) is 0 Å². The molecule has 0 amide bonds. The number of ether oxygens (including phenoxy) is 1. The van der Waals surface area contributed by atoms with Crippen LogP contribution in [0.2, 0.25) is 0 Å². The van der Waals surface area contributed by atoms with Crippen molar-refractivity contribution in [3.63, 3.8) is 0 Å². The molecule has 0 aliphatic carbocycles. The highest BCUT2D eigenvalue weighted by Gasteiger charge is 2.09. The average Bonchev–Trinajstić information content (AvgIpc) is 2.13. The lowest BCUT2D eigenvalue weighted by Gasteiger charge is -2.10. The molecule has 0 unspecified atom stereocenters. The molecule has 1 nitrogen and oxygen atoms in total. The van der Waals surface area contributed by atoms with Gasteiger partial charge >= 0.3 is 6.61 Å². The van der Waals surface area contributed by atoms with Crippen LogP contribution in [0.3, 0.4) is 0 Å². The minimum absolute atomic E-state index is 0.198. The van der Waals surface area contributed by atoms with E-state index in [1.807, 2.05) is 19.9 Å². The predicted molar refractivity (Wildman–Crippen MR) is 60.5 cm³/mol. The van der Waals surface area contributed by atoms with E-state index in [0.29, 0.717) is 5.56 Å². The zero-order valence-corrected chi connectivity index (χ0v) is 10.0. The lowest BCUT2D eigenvalue weighted by atomic mass is 10.1. The molecule has 1 aromatic rings. The number of alkyl halides is 2. The van der Waals surface area contributed by atoms with Crippen LogP contribution in [0.25, 0.3) is 6.08 Å². The normalized spacial score (nSPS) is 11.3. The van der Waals surface area contributed by atoms with Crippen LogP contribution in [0.5, 0.6) is 5.75 Å². The van der Waals surface area contributed by atoms with Crippen molar-refractivity contribution in [3.8, 4) is 5.75 Å². The van der Waals surface area contributed by atoms with Crippen molar-refractivity contribution in [2.75, 3.05) is 0 Å². The molecule has 1 rings (SSSR count). The first-order valence-electron chi connectivity index (χ1n) is 4.37. The molecule has 0 radical (unpaired) electrons. The van der Waals surface area contributed by atoms with E-state index in [2.05, 4.69) is 20.7 Å². The van der Waals surface area contributed by atoms with Gasteiger partial charge in [-0.2, -0.15) is 8.78 Å². The van der Waals surface area contributed by atoms with Gasteiger partial charge in [0.1, 0.15) is 5.75 Å². The Labute approximate surface area is 95.9 Å². The molecule has 82 valence electrons. The Balaban J connectivity index is 3.15. The summed E-state index contributed by atoms with van der Waals surface area (Å²) in [5.74, 6) is 0.198. The standard InChI is InChI=1S/C11H11BrF2O/c1-7-5-9(3-4-12)10(6-8(7)2)15-11(13)14/h3-6,11H,1-2H3/b4-3+. The van der Waals surface area contributed by atoms with Gasteiger partial charge in [0.2, 0.25) is 0 Å². The molecule has 1 aromatic carbocycles. The van der Waals surface area contributed by atoms with Gasteiger partial charge in [0.25, 0.3) is 0 Å². The van der Waals surface area contributed by atoms with Crippen LogP contribution in [0, 0.1) is 13.8 Å². The molecule has 4 heteroatoms. The topological polar surface area (TPSA) is 9.23 Å². The predicted octanol–water partition coefficient (Wildman–Crippen LogP) is 4.27. The molecule has 0 N–H and O–H groups in total. The Kier molecular flexibility index (Phi) is 4.27. The fourth-order valence-corrected chi connectivity index (χ4v) is 1.49. The van der Waals surface area contributed by atoms with Crippen molar-refractivity contribution in [1.29, 1.82) is 0 Å². The van der Waals surface area contributed by atoms with Gasteiger partial charge in [-0.15, -0.1) is 0 Å². The first kappa shape index (κ1) is 12.2. The number of hydrogen-bond donors (Lipinski definition) is 0. The summed E-state index contributed by atoms with van der Waals surface area (Å²) in [7, 11) is 0. The van der Waals surface area contributed by atoms with Crippen molar-refractivity contribution < 1.29 is 13.5 Å². The van der Waals surface area contributed by atoms with Crippen LogP contribution in [-0.2, 0) is 0 Å². The Morgan fingerprint density at radius 3 is 2.40 bits per heavy atom. The van der Waals surface area contributed by atoms with Gasteiger partial charge in [0.05, 0.1) is 0 Å². The van der Waals surface area contributed by atoms with E-state index in [1.54, 1.807) is 17.1 Å². The Morgan fingerprint density at radius 2 is 1.87 bits per heavy atom. The van der Waals surface area contributed by atoms with Crippen molar-refractivity contribution >= 4 is 22.0 Å². The molecule has 0 bridgehead atoms. The maximum atomic E-state index is 12.1. The largest absolute Gasteiger partial charge is 0.434 e. The SMILES string of the molecule is Cc1cc(/C=C/Br)c(OC(F)F)cc1C. The van der Waals surface area contributed by atoms with E-state index < -0.39 is 6.61 Å². The quantitative estimate of drug-likeness (QED) is 0.801. The smallest absolute Gasteiger partial charge is 0.387 e. The number of rotatable bonds is 3. The molecule has 0 aliphatic rings. The fraction of sp³-hybridized carbons (Fsp3) is 0.273. The minimum Gasteiger partial charge on any atom is -0.434 e. The molecule has 0 saturated heterocycles. The van der Waals surface area contributed by atoms with Crippen molar-refractivity contribution in [3.05, 3.63) is 33.8 Å². The Bertz CT molecular complexity index is 375. The first-order chi connectivity index (χ1) is 7.04. The van der Waals surface area contributed by atoms with E-state index >= 15 is 0 Å². The number of hydrogen-bond acceptors (Lipinski definition) is 1. The molecular formula is C11H11BrF2O. The van der Waals surface area contributed by atoms with Crippen molar-refractivity contribution in [2.24, 2.45) is 0 Å². The van der Waals surface area contributed by atoms with Gasteiger partial charge in [-0.25, -0.2) is 0 Å². The summed E-state index contributed by atoms with van der Waals surface area (Å²) >= 11 is 3.11. The highest BCUT2D eigenvalue weighted by Crippen LogP contribution is 2.26. The van der Waals surface area contributed by atoms with Crippen LogP contribution >= 0.6 is 15.9 Å². The van der Waals surface area contributed by atoms with Gasteiger partial charge in [0.15, 0.2) is 0 Å². The summed E-state index contributed by atoms with van der Waals surface area (Å²) in [6.07, 6.45) is 1.67. The molecule has 0 saturated carbocycles. The second-order valence-electron chi connectivity index (χ2n) is 3.15. The summed E-state index contributed by atoms with van der Waals surface area (Å²) in [5, 5.41) is 0. The first-order valence-corrected chi connectivity index (χ1v) is 5.29. The highest BCUT2D eigenvalue weighted by atomic mass is 79.9. The molecule has 0 fully saturated rings. The van der Waals surface area contributed by atoms with E-state index in [9.17, 15) is 8.78 Å². The third-order valence-electron chi connectivity index (χ3n) is 2.08. The van der Waals surface area contributed by atoms with E-state index in [-0.39, 0.29) is 5.75 Å². The number of benzene rings is 1. The van der Waals surface area contributed by atoms with Crippen LogP contribution in [0.4, 0.5) is 8.78 Å². The van der Waals surface area contributed by atoms with Crippen LogP contribution in [-0.4, -0.2) is 6.61 Å². The van der Waals surface area contributed by atoms with Gasteiger partial charge in [-0.05, 0) is 48.2 Å². The summed E-state index contributed by atoms with van der Waals surface area (Å²) in [5.41, 5.74) is 2.60. The average molecular weight is 277 g/mol. The fourth-order valence-electron chi connectivity index (χ4n) is 1.21. The van der Waals surface area contributed by atoms with Crippen LogP contribution in [0.1, 0.15) is 16.7 Å². The zero-order chi connectivity index (χ0) is 11.4. The summed E-state index contributed by atoms with van der Waals surface area (Å²) in [6.45, 7) is 0.983. The highest BCUT2D eigenvalue weighted by molar-refractivity contribution is 9.11. The van der Waals surface area contributed by atoms with E-state index in [1.165, 1.54) is 0 Å². The molecule has 15 heavy (non-hydrogen) atoms. The molecule has 0 atom stereocenters. The molecule has 0 aliphatic heterocycles. The maximum absolute atomic E-state index is 12.1. The van der Waals surface area contributed by atoms with Gasteiger partial charge in [-0.1, -0.05) is 15.9 Å². The Morgan fingerprint density at radius 1 is 1.27 bits per heavy atom. The third kappa shape index (κ3) is 3.30. The van der Waals surface area contributed by atoms with Crippen molar-refractivity contribution in [2.45, 2.75) is 20.5 Å². The Hall–Kier alpha value is -0.900. The van der Waals surface area contributed by atoms with Crippen LogP contribution < -0.4 is 4.74 Å². The number of aryl methyl sites for hydroxylation is 2. The third-order valence-corrected chi connectivity index (χ3v) is 2.35. The zero-order valence-electron chi connectivity index (χ0n) is 8.43. The monoisotopic (exact) mass is 276 g/mol. The summed E-state index contributed by atoms with van der Waals surface area (Å²) in [4.78, 5) is 1.61. The van der Waals surface area contributed by atoms with Gasteiger partial charge < -0.3 is 4.74 Å². The second kappa shape index (κ2) is 5.26.